The van der Waals surface area contributed by atoms with Crippen LogP contribution in [0.25, 0.3) is 0 Å². The van der Waals surface area contributed by atoms with Crippen molar-refractivity contribution in [3.63, 3.8) is 0 Å². The summed E-state index contributed by atoms with van der Waals surface area (Å²) in [4.78, 5) is 10.2. The van der Waals surface area contributed by atoms with Gasteiger partial charge in [-0.05, 0) is 24.1 Å². The van der Waals surface area contributed by atoms with Gasteiger partial charge >= 0.3 is 5.97 Å². The van der Waals surface area contributed by atoms with Crippen LogP contribution in [0.1, 0.15) is 5.56 Å². The van der Waals surface area contributed by atoms with Crippen molar-refractivity contribution in [2.45, 2.75) is 6.42 Å². The Hall–Kier alpha value is -1.54. The number of rotatable bonds is 6. The van der Waals surface area contributed by atoms with Gasteiger partial charge in [-0.15, -0.1) is 0 Å². The fourth-order valence-electron chi connectivity index (χ4n) is 1.32. The topological polar surface area (TPSA) is 83.5 Å². The molecule has 2 N–H and O–H groups in total. The highest BCUT2D eigenvalue weighted by Gasteiger charge is 2.14. The van der Waals surface area contributed by atoms with Crippen molar-refractivity contribution in [3.8, 4) is 0 Å². The van der Waals surface area contributed by atoms with Crippen molar-refractivity contribution in [2.24, 2.45) is 0 Å². The summed E-state index contributed by atoms with van der Waals surface area (Å²) in [6, 6.07) is 2.86. The molecule has 0 unspecified atom stereocenters. The van der Waals surface area contributed by atoms with Crippen molar-refractivity contribution in [1.29, 1.82) is 0 Å². The first-order valence-corrected chi connectivity index (χ1v) is 6.58. The van der Waals surface area contributed by atoms with Gasteiger partial charge in [0.05, 0.1) is 0 Å². The molecule has 0 radical (unpaired) electrons. The monoisotopic (exact) mass is 279 g/mol. The molecule has 5 nitrogen and oxygen atoms in total. The Balaban J connectivity index is 2.54. The molecule has 18 heavy (non-hydrogen) atoms. The molecule has 0 aliphatic carbocycles. The van der Waals surface area contributed by atoms with Crippen LogP contribution in [-0.2, 0) is 21.2 Å². The molecule has 1 aromatic rings. The number of sulfonamides is 1. The molecule has 0 aliphatic rings. The Labute approximate surface area is 102 Å². The lowest BCUT2D eigenvalue weighted by molar-refractivity contribution is -0.134. The molecule has 1 aromatic carbocycles. The average Bonchev–Trinajstić information content (AvgIpc) is 2.12. The largest absolute Gasteiger partial charge is 0.480 e. The quantitative estimate of drug-likeness (QED) is 0.795. The predicted molar refractivity (Wildman–Crippen MR) is 59.5 cm³/mol. The summed E-state index contributed by atoms with van der Waals surface area (Å²) in [6.45, 7) is -0.126. The second-order valence-corrected chi connectivity index (χ2v) is 5.38. The second-order valence-electron chi connectivity index (χ2n) is 3.57. The summed E-state index contributed by atoms with van der Waals surface area (Å²) >= 11 is 0. The maximum absolute atomic E-state index is 12.8. The third-order valence-corrected chi connectivity index (χ3v) is 3.24. The molecular weight excluding hydrogens is 268 g/mol. The zero-order valence-electron chi connectivity index (χ0n) is 9.19. The number of hydrogen-bond acceptors (Lipinski definition) is 3. The molecule has 0 atom stereocenters. The molecule has 0 aromatic heterocycles. The van der Waals surface area contributed by atoms with E-state index >= 15 is 0 Å². The predicted octanol–water partition coefficient (Wildman–Crippen LogP) is 0.511. The summed E-state index contributed by atoms with van der Waals surface area (Å²) in [6.07, 6.45) is 0.0630. The third kappa shape index (κ3) is 5.19. The number of carboxylic acids is 1. The highest BCUT2D eigenvalue weighted by Crippen LogP contribution is 2.08. The molecular formula is C10H11F2NO4S. The van der Waals surface area contributed by atoms with Crippen LogP contribution in [0.4, 0.5) is 8.78 Å². The van der Waals surface area contributed by atoms with E-state index in [9.17, 15) is 22.0 Å². The molecule has 0 heterocycles. The number of carbonyl (C=O) groups is 1. The summed E-state index contributed by atoms with van der Waals surface area (Å²) in [7, 11) is -3.91. The lowest BCUT2D eigenvalue weighted by atomic mass is 10.1. The fraction of sp³-hybridized carbons (Fsp3) is 0.300. The van der Waals surface area contributed by atoms with Gasteiger partial charge in [-0.25, -0.2) is 21.9 Å². The van der Waals surface area contributed by atoms with E-state index in [-0.39, 0.29) is 18.5 Å². The van der Waals surface area contributed by atoms with Crippen molar-refractivity contribution >= 4 is 16.0 Å². The highest BCUT2D eigenvalue weighted by molar-refractivity contribution is 7.90. The molecule has 0 fully saturated rings. The normalized spacial score (nSPS) is 11.4. The summed E-state index contributed by atoms with van der Waals surface area (Å²) in [5.74, 6) is -4.01. The van der Waals surface area contributed by atoms with Crippen molar-refractivity contribution in [3.05, 3.63) is 35.4 Å². The Morgan fingerprint density at radius 3 is 2.28 bits per heavy atom. The van der Waals surface area contributed by atoms with Gasteiger partial charge in [-0.3, -0.25) is 4.79 Å². The lowest BCUT2D eigenvalue weighted by Gasteiger charge is -2.05. The van der Waals surface area contributed by atoms with Gasteiger partial charge in [0.25, 0.3) is 0 Å². The molecule has 0 amide bonds. The number of benzene rings is 1. The van der Waals surface area contributed by atoms with Crippen LogP contribution in [-0.4, -0.2) is 31.8 Å². The Bertz CT molecular complexity index is 525. The van der Waals surface area contributed by atoms with Crippen LogP contribution in [0, 0.1) is 11.6 Å². The Morgan fingerprint density at radius 2 is 1.78 bits per heavy atom. The van der Waals surface area contributed by atoms with Crippen LogP contribution < -0.4 is 4.72 Å². The van der Waals surface area contributed by atoms with E-state index in [2.05, 4.69) is 0 Å². The zero-order chi connectivity index (χ0) is 13.8. The molecule has 0 spiro atoms. The van der Waals surface area contributed by atoms with Crippen LogP contribution in [0.3, 0.4) is 0 Å². The van der Waals surface area contributed by atoms with Crippen molar-refractivity contribution in [1.82, 2.24) is 4.72 Å². The third-order valence-electron chi connectivity index (χ3n) is 1.97. The molecule has 0 bridgehead atoms. The van der Waals surface area contributed by atoms with Gasteiger partial charge < -0.3 is 5.11 Å². The maximum Gasteiger partial charge on any atom is 0.320 e. The van der Waals surface area contributed by atoms with Crippen LogP contribution >= 0.6 is 0 Å². The van der Waals surface area contributed by atoms with E-state index in [4.69, 9.17) is 5.11 Å². The van der Waals surface area contributed by atoms with Gasteiger partial charge in [-0.2, -0.15) is 0 Å². The zero-order valence-corrected chi connectivity index (χ0v) is 10.0. The summed E-state index contributed by atoms with van der Waals surface area (Å²) in [5, 5.41) is 8.32. The van der Waals surface area contributed by atoms with Gasteiger partial charge in [0.2, 0.25) is 10.0 Å². The molecule has 100 valence electrons. The molecule has 8 heteroatoms. The highest BCUT2D eigenvalue weighted by atomic mass is 32.2. The van der Waals surface area contributed by atoms with Gasteiger partial charge in [0, 0.05) is 12.6 Å². The standard InChI is InChI=1S/C10H11F2NO4S/c11-8-3-7(4-9(12)5-8)1-2-13-18(16,17)6-10(14)15/h3-5,13H,1-2,6H2,(H,14,15). The number of carboxylic acid groups (broad SMARTS) is 1. The minimum absolute atomic E-state index is 0.0630. The van der Waals surface area contributed by atoms with Crippen LogP contribution in [0.15, 0.2) is 18.2 Å². The van der Waals surface area contributed by atoms with E-state index in [1.807, 2.05) is 4.72 Å². The molecule has 1 rings (SSSR count). The summed E-state index contributed by atoms with van der Waals surface area (Å²) in [5.41, 5.74) is 0.283. The maximum atomic E-state index is 12.8. The first-order valence-electron chi connectivity index (χ1n) is 4.92. The first-order chi connectivity index (χ1) is 8.28. The van der Waals surface area contributed by atoms with E-state index < -0.39 is 33.4 Å². The Kier molecular flexibility index (Phi) is 4.74. The van der Waals surface area contributed by atoms with Crippen LogP contribution in [0.5, 0.6) is 0 Å². The first kappa shape index (κ1) is 14.5. The SMILES string of the molecule is O=C(O)CS(=O)(=O)NCCc1cc(F)cc(F)c1. The summed E-state index contributed by atoms with van der Waals surface area (Å²) < 4.78 is 49.9. The van der Waals surface area contributed by atoms with E-state index in [0.717, 1.165) is 12.1 Å². The van der Waals surface area contributed by atoms with Crippen molar-refractivity contribution < 1.29 is 27.1 Å². The molecule has 0 saturated heterocycles. The number of nitrogens with one attached hydrogen (secondary N) is 1. The average molecular weight is 279 g/mol. The smallest absolute Gasteiger partial charge is 0.320 e. The van der Waals surface area contributed by atoms with E-state index in [0.29, 0.717) is 6.07 Å². The van der Waals surface area contributed by atoms with Crippen LogP contribution in [0.2, 0.25) is 0 Å². The lowest BCUT2D eigenvalue weighted by Crippen LogP contribution is -2.31. The molecule has 0 aliphatic heterocycles. The van der Waals surface area contributed by atoms with Gasteiger partial charge in [0.1, 0.15) is 11.6 Å². The number of aliphatic carboxylic acids is 1. The van der Waals surface area contributed by atoms with E-state index in [1.54, 1.807) is 0 Å². The fourth-order valence-corrected chi connectivity index (χ4v) is 2.16. The Morgan fingerprint density at radius 1 is 1.22 bits per heavy atom. The second kappa shape index (κ2) is 5.87. The van der Waals surface area contributed by atoms with Gasteiger partial charge in [-0.1, -0.05) is 0 Å². The minimum atomic E-state index is -3.91. The molecule has 0 saturated carbocycles. The number of hydrogen-bond donors (Lipinski definition) is 2. The number of halogens is 2. The van der Waals surface area contributed by atoms with Gasteiger partial charge in [0.15, 0.2) is 5.75 Å². The van der Waals surface area contributed by atoms with E-state index in [1.165, 1.54) is 0 Å². The minimum Gasteiger partial charge on any atom is -0.480 e. The van der Waals surface area contributed by atoms with Crippen molar-refractivity contribution in [2.75, 3.05) is 12.3 Å².